The van der Waals surface area contributed by atoms with Gasteiger partial charge in [0.05, 0.1) is 6.61 Å². The normalized spacial score (nSPS) is 13.3. The van der Waals surface area contributed by atoms with Gasteiger partial charge in [0.15, 0.2) is 0 Å². The molecule has 0 aromatic heterocycles. The molecule has 0 aliphatic rings. The molecule has 4 nitrogen and oxygen atoms in total. The van der Waals surface area contributed by atoms with Crippen molar-refractivity contribution < 1.29 is 46.7 Å². The van der Waals surface area contributed by atoms with Crippen LogP contribution in [0.1, 0.15) is 46.0 Å². The van der Waals surface area contributed by atoms with E-state index in [1.807, 2.05) is 6.92 Å². The summed E-state index contributed by atoms with van der Waals surface area (Å²) in [5.41, 5.74) is 0. The fourth-order valence-corrected chi connectivity index (χ4v) is 1.63. The Kier molecular flexibility index (Phi) is 12.2. The Labute approximate surface area is 115 Å². The van der Waals surface area contributed by atoms with E-state index in [-0.39, 0.29) is 42.1 Å². The molecule has 0 aromatic carbocycles. The van der Waals surface area contributed by atoms with Gasteiger partial charge in [-0.15, -0.1) is 0 Å². The second-order valence-corrected chi connectivity index (χ2v) is 4.52. The summed E-state index contributed by atoms with van der Waals surface area (Å²) in [5.74, 6) is 0.185. The zero-order valence-electron chi connectivity index (χ0n) is 9.86. The number of hydrogen-bond donors (Lipinski definition) is 0. The molecule has 15 heavy (non-hydrogen) atoms. The zero-order chi connectivity index (χ0) is 11.0. The van der Waals surface area contributed by atoms with Gasteiger partial charge in [0, 0.05) is 0 Å². The van der Waals surface area contributed by atoms with E-state index in [1.165, 1.54) is 0 Å². The van der Waals surface area contributed by atoms with Crippen LogP contribution < -0.4 is 29.6 Å². The van der Waals surface area contributed by atoms with E-state index in [4.69, 9.17) is 0 Å². The van der Waals surface area contributed by atoms with Gasteiger partial charge in [-0.1, -0.05) is 39.5 Å². The molecular weight excluding hydrogens is 227 g/mol. The van der Waals surface area contributed by atoms with Gasteiger partial charge in [-0.2, -0.15) is 0 Å². The van der Waals surface area contributed by atoms with E-state index in [2.05, 4.69) is 11.1 Å². The van der Waals surface area contributed by atoms with E-state index in [0.29, 0.717) is 0 Å². The minimum atomic E-state index is -4.51. The summed E-state index contributed by atoms with van der Waals surface area (Å²) in [4.78, 5) is 0. The van der Waals surface area contributed by atoms with Gasteiger partial charge in [-0.3, -0.25) is 4.18 Å². The molecule has 0 fully saturated rings. The van der Waals surface area contributed by atoms with Crippen LogP contribution in [-0.4, -0.2) is 19.6 Å². The monoisotopic (exact) mass is 246 g/mol. The first-order valence-electron chi connectivity index (χ1n) is 5.09. The second-order valence-electron chi connectivity index (χ2n) is 3.46. The van der Waals surface area contributed by atoms with E-state index < -0.39 is 10.4 Å². The van der Waals surface area contributed by atoms with Crippen LogP contribution in [0.2, 0.25) is 0 Å². The summed E-state index contributed by atoms with van der Waals surface area (Å²) >= 11 is 0. The van der Waals surface area contributed by atoms with E-state index in [0.717, 1.165) is 32.1 Å². The van der Waals surface area contributed by atoms with E-state index in [1.54, 1.807) is 0 Å². The predicted molar refractivity (Wildman–Crippen MR) is 53.6 cm³/mol. The van der Waals surface area contributed by atoms with Crippen molar-refractivity contribution in [3.8, 4) is 0 Å². The third kappa shape index (κ3) is 12.8. The van der Waals surface area contributed by atoms with Crippen LogP contribution in [0.4, 0.5) is 0 Å². The average molecular weight is 246 g/mol. The van der Waals surface area contributed by atoms with E-state index in [9.17, 15) is 13.0 Å². The standard InChI is InChI=1S/C9H20O4S.Na/c1-3-5-6-7-9(4-2)8-13-14(10,11)12;/h9H,3-8H2,1-2H3,(H,10,11,12);/q;+1/p-1. The molecule has 0 amide bonds. The van der Waals surface area contributed by atoms with Crippen LogP contribution in [0.3, 0.4) is 0 Å². The summed E-state index contributed by atoms with van der Waals surface area (Å²) in [6, 6.07) is 0. The van der Waals surface area contributed by atoms with Gasteiger partial charge in [0.2, 0.25) is 10.4 Å². The van der Waals surface area contributed by atoms with Crippen molar-refractivity contribution in [1.29, 1.82) is 0 Å². The summed E-state index contributed by atoms with van der Waals surface area (Å²) in [6.45, 7) is 4.11. The molecule has 0 saturated carbocycles. The molecule has 86 valence electrons. The van der Waals surface area contributed by atoms with Crippen molar-refractivity contribution in [2.75, 3.05) is 6.61 Å². The Morgan fingerprint density at radius 3 is 2.27 bits per heavy atom. The van der Waals surface area contributed by atoms with Crippen LogP contribution in [0.15, 0.2) is 0 Å². The van der Waals surface area contributed by atoms with Crippen molar-refractivity contribution in [3.05, 3.63) is 0 Å². The Morgan fingerprint density at radius 2 is 1.87 bits per heavy atom. The third-order valence-corrected chi connectivity index (χ3v) is 2.67. The first-order valence-corrected chi connectivity index (χ1v) is 6.43. The molecule has 1 atom stereocenters. The third-order valence-electron chi connectivity index (χ3n) is 2.24. The molecule has 0 aliphatic carbocycles. The quantitative estimate of drug-likeness (QED) is 0.240. The molecule has 0 heterocycles. The van der Waals surface area contributed by atoms with Crippen molar-refractivity contribution in [2.24, 2.45) is 5.92 Å². The van der Waals surface area contributed by atoms with Crippen LogP contribution in [-0.2, 0) is 14.6 Å². The van der Waals surface area contributed by atoms with Crippen molar-refractivity contribution in [2.45, 2.75) is 46.0 Å². The van der Waals surface area contributed by atoms with Crippen LogP contribution >= 0.6 is 0 Å². The Bertz CT molecular complexity index is 228. The predicted octanol–water partition coefficient (Wildman–Crippen LogP) is -0.926. The molecule has 0 radical (unpaired) electrons. The molecule has 6 heteroatoms. The molecule has 0 aromatic rings. The van der Waals surface area contributed by atoms with Gasteiger partial charge in [-0.25, -0.2) is 8.42 Å². The Balaban J connectivity index is 0. The number of hydrogen-bond acceptors (Lipinski definition) is 4. The summed E-state index contributed by atoms with van der Waals surface area (Å²) in [6.07, 6.45) is 5.12. The number of unbranched alkanes of at least 4 members (excludes halogenated alkanes) is 2. The van der Waals surface area contributed by atoms with Crippen molar-refractivity contribution in [3.63, 3.8) is 0 Å². The number of rotatable bonds is 8. The fraction of sp³-hybridized carbons (Fsp3) is 1.00. The van der Waals surface area contributed by atoms with Crippen LogP contribution in [0, 0.1) is 5.92 Å². The van der Waals surface area contributed by atoms with E-state index >= 15 is 0 Å². The van der Waals surface area contributed by atoms with Crippen molar-refractivity contribution >= 4 is 10.4 Å². The maximum atomic E-state index is 10.2. The topological polar surface area (TPSA) is 66.4 Å². The molecule has 0 aliphatic heterocycles. The second kappa shape index (κ2) is 10.1. The average Bonchev–Trinajstić information content (AvgIpc) is 2.09. The van der Waals surface area contributed by atoms with Gasteiger partial charge in [0.25, 0.3) is 0 Å². The molecule has 0 bridgehead atoms. The largest absolute Gasteiger partial charge is 1.00 e. The van der Waals surface area contributed by atoms with Crippen LogP contribution in [0.25, 0.3) is 0 Å². The first-order chi connectivity index (χ1) is 6.49. The minimum absolute atomic E-state index is 0. The van der Waals surface area contributed by atoms with Crippen molar-refractivity contribution in [1.82, 2.24) is 0 Å². The smallest absolute Gasteiger partial charge is 0.726 e. The molecule has 0 spiro atoms. The maximum absolute atomic E-state index is 10.2. The van der Waals surface area contributed by atoms with Gasteiger partial charge < -0.3 is 4.55 Å². The molecule has 0 saturated heterocycles. The minimum Gasteiger partial charge on any atom is -0.726 e. The van der Waals surface area contributed by atoms with Gasteiger partial charge in [-0.05, 0) is 12.3 Å². The van der Waals surface area contributed by atoms with Gasteiger partial charge >= 0.3 is 29.6 Å². The first kappa shape index (κ1) is 18.2. The molecule has 0 rings (SSSR count). The molecule has 0 N–H and O–H groups in total. The summed E-state index contributed by atoms with van der Waals surface area (Å²) in [5, 5.41) is 0. The summed E-state index contributed by atoms with van der Waals surface area (Å²) < 4.78 is 34.8. The van der Waals surface area contributed by atoms with Crippen LogP contribution in [0.5, 0.6) is 0 Å². The Hall–Kier alpha value is 0.870. The Morgan fingerprint density at radius 1 is 1.27 bits per heavy atom. The molecule has 1 unspecified atom stereocenters. The fourth-order valence-electron chi connectivity index (χ4n) is 1.27. The summed E-state index contributed by atoms with van der Waals surface area (Å²) in [7, 11) is -4.51. The molecular formula is C9H19NaO4S. The SMILES string of the molecule is CCCCCC(CC)COS(=O)(=O)[O-].[Na+]. The zero-order valence-corrected chi connectivity index (χ0v) is 12.7. The maximum Gasteiger partial charge on any atom is 1.00 e. The van der Waals surface area contributed by atoms with Gasteiger partial charge in [0.1, 0.15) is 0 Å².